The number of carbonyl (C=O) groups is 1. The van der Waals surface area contributed by atoms with Gasteiger partial charge in [0, 0.05) is 29.8 Å². The number of hydrogen-bond acceptors (Lipinski definition) is 6. The highest BCUT2D eigenvalue weighted by atomic mass is 16.6. The topological polar surface area (TPSA) is 102 Å². The number of rotatable bonds is 5. The second kappa shape index (κ2) is 7.14. The smallest absolute Gasteiger partial charge is 0.272 e. The van der Waals surface area contributed by atoms with Gasteiger partial charge >= 0.3 is 0 Å². The van der Waals surface area contributed by atoms with Gasteiger partial charge in [0.05, 0.1) is 11.5 Å². The third-order valence-electron chi connectivity index (χ3n) is 3.85. The van der Waals surface area contributed by atoms with E-state index >= 15 is 0 Å². The number of nitro groups is 1. The average Bonchev–Trinajstić information content (AvgIpc) is 3.10. The van der Waals surface area contributed by atoms with Crippen molar-refractivity contribution < 1.29 is 14.1 Å². The minimum absolute atomic E-state index is 0.0198. The zero-order chi connectivity index (χ0) is 18.7. The molecule has 3 aromatic rings. The van der Waals surface area contributed by atoms with Crippen molar-refractivity contribution in [3.8, 4) is 11.5 Å². The molecule has 3 rings (SSSR count). The van der Waals surface area contributed by atoms with Gasteiger partial charge in [-0.05, 0) is 31.2 Å². The zero-order valence-corrected chi connectivity index (χ0v) is 14.2. The van der Waals surface area contributed by atoms with Gasteiger partial charge in [-0.3, -0.25) is 14.9 Å². The van der Waals surface area contributed by atoms with Crippen LogP contribution in [0.5, 0.6) is 0 Å². The summed E-state index contributed by atoms with van der Waals surface area (Å²) in [6.07, 6.45) is 0. The lowest BCUT2D eigenvalue weighted by molar-refractivity contribution is -0.385. The van der Waals surface area contributed by atoms with E-state index < -0.39 is 4.92 Å². The van der Waals surface area contributed by atoms with Crippen LogP contribution < -0.4 is 0 Å². The van der Waals surface area contributed by atoms with E-state index in [9.17, 15) is 14.9 Å². The minimum Gasteiger partial charge on any atom is -0.419 e. The van der Waals surface area contributed by atoms with Gasteiger partial charge < -0.3 is 9.32 Å². The molecule has 26 heavy (non-hydrogen) atoms. The lowest BCUT2D eigenvalue weighted by Gasteiger charge is -2.15. The fourth-order valence-corrected chi connectivity index (χ4v) is 2.50. The van der Waals surface area contributed by atoms with Crippen molar-refractivity contribution in [1.82, 2.24) is 15.1 Å². The molecule has 132 valence electrons. The normalized spacial score (nSPS) is 10.5. The highest BCUT2D eigenvalue weighted by Crippen LogP contribution is 2.21. The van der Waals surface area contributed by atoms with E-state index in [1.54, 1.807) is 14.0 Å². The van der Waals surface area contributed by atoms with Crippen molar-refractivity contribution >= 4 is 11.6 Å². The predicted molar refractivity (Wildman–Crippen MR) is 93.4 cm³/mol. The minimum atomic E-state index is -0.475. The van der Waals surface area contributed by atoms with Crippen LogP contribution in [0.25, 0.3) is 11.5 Å². The first-order chi connectivity index (χ1) is 12.5. The van der Waals surface area contributed by atoms with Crippen LogP contribution >= 0.6 is 0 Å². The molecule has 0 fully saturated rings. The Hall–Kier alpha value is -3.55. The van der Waals surface area contributed by atoms with Gasteiger partial charge in [-0.1, -0.05) is 18.2 Å². The number of benzene rings is 2. The number of carbonyl (C=O) groups excluding carboxylic acids is 1. The summed E-state index contributed by atoms with van der Waals surface area (Å²) in [7, 11) is 1.60. The molecule has 0 N–H and O–H groups in total. The van der Waals surface area contributed by atoms with Gasteiger partial charge in [-0.2, -0.15) is 0 Å². The molecule has 0 saturated heterocycles. The number of amides is 1. The van der Waals surface area contributed by atoms with Crippen LogP contribution in [0.4, 0.5) is 5.69 Å². The molecular weight excluding hydrogens is 336 g/mol. The van der Waals surface area contributed by atoms with Gasteiger partial charge in [-0.25, -0.2) is 0 Å². The Bertz CT molecular complexity index is 953. The van der Waals surface area contributed by atoms with Gasteiger partial charge in [0.25, 0.3) is 11.6 Å². The fraction of sp³-hybridized carbons (Fsp3) is 0.167. The Morgan fingerprint density at radius 1 is 1.19 bits per heavy atom. The molecule has 0 radical (unpaired) electrons. The molecule has 2 aromatic carbocycles. The molecule has 0 spiro atoms. The molecule has 0 atom stereocenters. The molecule has 0 aliphatic carbocycles. The van der Waals surface area contributed by atoms with Gasteiger partial charge in [0.15, 0.2) is 0 Å². The summed E-state index contributed by atoms with van der Waals surface area (Å²) < 4.78 is 5.60. The van der Waals surface area contributed by atoms with Crippen LogP contribution in [0.3, 0.4) is 0 Å². The summed E-state index contributed by atoms with van der Waals surface area (Å²) in [5, 5.41) is 18.8. The molecule has 8 heteroatoms. The third-order valence-corrected chi connectivity index (χ3v) is 3.85. The van der Waals surface area contributed by atoms with E-state index in [4.69, 9.17) is 4.42 Å². The summed E-state index contributed by atoms with van der Waals surface area (Å²) in [4.78, 5) is 24.3. The van der Waals surface area contributed by atoms with E-state index in [1.165, 1.54) is 23.1 Å². The first-order valence-electron chi connectivity index (χ1n) is 7.84. The molecule has 1 amide bonds. The molecule has 0 unspecified atom stereocenters. The van der Waals surface area contributed by atoms with Crippen LogP contribution in [-0.2, 0) is 6.54 Å². The van der Waals surface area contributed by atoms with Crippen LogP contribution in [0.2, 0.25) is 0 Å². The Balaban J connectivity index is 1.73. The maximum atomic E-state index is 12.5. The maximum absolute atomic E-state index is 12.5. The fourth-order valence-electron chi connectivity index (χ4n) is 2.50. The zero-order valence-electron chi connectivity index (χ0n) is 14.2. The van der Waals surface area contributed by atoms with Crippen molar-refractivity contribution in [1.29, 1.82) is 0 Å². The molecule has 1 aromatic heterocycles. The highest BCUT2D eigenvalue weighted by molar-refractivity contribution is 5.94. The Labute approximate surface area is 149 Å². The lowest BCUT2D eigenvalue weighted by Crippen LogP contribution is -2.26. The SMILES string of the molecule is Cc1cc(C(=O)N(C)Cc2nnc(-c3ccccc3)o2)ccc1[N+](=O)[O-]. The molecule has 0 bridgehead atoms. The van der Waals surface area contributed by atoms with Crippen molar-refractivity contribution in [2.75, 3.05) is 7.05 Å². The van der Waals surface area contributed by atoms with Crippen molar-refractivity contribution in [3.05, 3.63) is 75.7 Å². The summed E-state index contributed by atoms with van der Waals surface area (Å²) in [6.45, 7) is 1.73. The number of nitro benzene ring substituents is 1. The first-order valence-corrected chi connectivity index (χ1v) is 7.84. The van der Waals surface area contributed by atoms with Gasteiger partial charge in [-0.15, -0.1) is 10.2 Å². The average molecular weight is 352 g/mol. The second-order valence-corrected chi connectivity index (χ2v) is 5.79. The summed E-state index contributed by atoms with van der Waals surface area (Å²) >= 11 is 0. The summed E-state index contributed by atoms with van der Waals surface area (Å²) in [6, 6.07) is 13.6. The summed E-state index contributed by atoms with van der Waals surface area (Å²) in [5.41, 5.74) is 1.57. The standard InChI is InChI=1S/C18H16N4O4/c1-12-10-14(8-9-15(12)22(24)25)18(23)21(2)11-16-19-20-17(26-16)13-6-4-3-5-7-13/h3-10H,11H2,1-2H3. The molecule has 0 aliphatic heterocycles. The maximum Gasteiger partial charge on any atom is 0.272 e. The van der Waals surface area contributed by atoms with E-state index in [0.29, 0.717) is 22.9 Å². The number of nitrogens with zero attached hydrogens (tertiary/aromatic N) is 4. The molecular formula is C18H16N4O4. The Morgan fingerprint density at radius 2 is 1.92 bits per heavy atom. The molecule has 1 heterocycles. The summed E-state index contributed by atoms with van der Waals surface area (Å²) in [5.74, 6) is 0.397. The number of aromatic nitrogens is 2. The van der Waals surface area contributed by atoms with Crippen LogP contribution in [-0.4, -0.2) is 33.0 Å². The van der Waals surface area contributed by atoms with Crippen molar-refractivity contribution in [2.45, 2.75) is 13.5 Å². The Morgan fingerprint density at radius 3 is 2.58 bits per heavy atom. The van der Waals surface area contributed by atoms with E-state index in [0.717, 1.165) is 5.56 Å². The van der Waals surface area contributed by atoms with E-state index in [2.05, 4.69) is 10.2 Å². The molecule has 0 saturated carbocycles. The monoisotopic (exact) mass is 352 g/mol. The lowest BCUT2D eigenvalue weighted by atomic mass is 10.1. The predicted octanol–water partition coefficient (Wildman–Crippen LogP) is 3.23. The van der Waals surface area contributed by atoms with Crippen LogP contribution in [0.15, 0.2) is 52.9 Å². The molecule has 8 nitrogen and oxygen atoms in total. The number of aryl methyl sites for hydroxylation is 1. The van der Waals surface area contributed by atoms with E-state index in [1.807, 2.05) is 30.3 Å². The van der Waals surface area contributed by atoms with Crippen molar-refractivity contribution in [3.63, 3.8) is 0 Å². The van der Waals surface area contributed by atoms with Crippen LogP contribution in [0, 0.1) is 17.0 Å². The van der Waals surface area contributed by atoms with Crippen molar-refractivity contribution in [2.24, 2.45) is 0 Å². The second-order valence-electron chi connectivity index (χ2n) is 5.79. The van der Waals surface area contributed by atoms with E-state index in [-0.39, 0.29) is 18.1 Å². The largest absolute Gasteiger partial charge is 0.419 e. The highest BCUT2D eigenvalue weighted by Gasteiger charge is 2.18. The molecule has 0 aliphatic rings. The quantitative estimate of drug-likeness (QED) is 0.516. The van der Waals surface area contributed by atoms with Gasteiger partial charge in [0.2, 0.25) is 11.8 Å². The Kier molecular flexibility index (Phi) is 4.74. The van der Waals surface area contributed by atoms with Crippen LogP contribution in [0.1, 0.15) is 21.8 Å². The third kappa shape index (κ3) is 3.59. The van der Waals surface area contributed by atoms with Gasteiger partial charge in [0.1, 0.15) is 0 Å². The first kappa shape index (κ1) is 17.3. The number of hydrogen-bond donors (Lipinski definition) is 0.